The van der Waals surface area contributed by atoms with E-state index in [1.807, 2.05) is 15.9 Å². The van der Waals surface area contributed by atoms with Crippen LogP contribution >= 0.6 is 0 Å². The molecule has 5 nitrogen and oxygen atoms in total. The second-order valence-electron chi connectivity index (χ2n) is 8.85. The lowest BCUT2D eigenvalue weighted by molar-refractivity contribution is -0.137. The molecule has 1 N–H and O–H groups in total. The van der Waals surface area contributed by atoms with Gasteiger partial charge in [-0.2, -0.15) is 13.2 Å². The molecule has 5 rings (SSSR count). The van der Waals surface area contributed by atoms with Gasteiger partial charge in [-0.05, 0) is 54.4 Å². The van der Waals surface area contributed by atoms with Crippen molar-refractivity contribution in [1.82, 2.24) is 10.3 Å². The zero-order chi connectivity index (χ0) is 24.6. The van der Waals surface area contributed by atoms with Gasteiger partial charge in [0.25, 0.3) is 0 Å². The molecule has 35 heavy (non-hydrogen) atoms. The summed E-state index contributed by atoms with van der Waals surface area (Å²) in [5.41, 5.74) is 1.61. The molecule has 2 aliphatic rings. The van der Waals surface area contributed by atoms with Crippen molar-refractivity contribution < 1.29 is 22.4 Å². The van der Waals surface area contributed by atoms with Crippen LogP contribution in [0.3, 0.4) is 0 Å². The summed E-state index contributed by atoms with van der Waals surface area (Å²) in [5, 5.41) is 2.90. The number of nitrogens with zero attached hydrogens (tertiary/aromatic N) is 3. The molecule has 0 radical (unpaired) electrons. The fraction of sp³-hybridized carbons (Fsp3) is 0.308. The molecule has 9 heteroatoms. The molecule has 1 amide bonds. The molecular weight excluding hydrogens is 460 g/mol. The lowest BCUT2D eigenvalue weighted by atomic mass is 9.82. The number of piperazine rings is 1. The van der Waals surface area contributed by atoms with Gasteiger partial charge in [0, 0.05) is 31.5 Å². The fourth-order valence-corrected chi connectivity index (χ4v) is 5.04. The first-order valence-corrected chi connectivity index (χ1v) is 11.4. The number of halogens is 4. The van der Waals surface area contributed by atoms with Crippen LogP contribution in [-0.4, -0.2) is 36.6 Å². The van der Waals surface area contributed by atoms with Crippen LogP contribution < -0.4 is 15.1 Å². The fourth-order valence-electron chi connectivity index (χ4n) is 5.04. The summed E-state index contributed by atoms with van der Waals surface area (Å²) >= 11 is 0. The Kier molecular flexibility index (Phi) is 6.08. The minimum Gasteiger partial charge on any atom is -0.365 e. The molecule has 3 heterocycles. The van der Waals surface area contributed by atoms with E-state index in [1.165, 1.54) is 12.1 Å². The summed E-state index contributed by atoms with van der Waals surface area (Å²) in [6.07, 6.45) is -2.67. The van der Waals surface area contributed by atoms with Crippen LogP contribution in [0.4, 0.5) is 28.9 Å². The third-order valence-electron chi connectivity index (χ3n) is 6.74. The smallest absolute Gasteiger partial charge is 0.365 e. The number of para-hydroxylation sites is 1. The summed E-state index contributed by atoms with van der Waals surface area (Å²) in [4.78, 5) is 21.5. The van der Waals surface area contributed by atoms with Crippen molar-refractivity contribution in [3.05, 3.63) is 89.5 Å². The third-order valence-corrected chi connectivity index (χ3v) is 6.74. The van der Waals surface area contributed by atoms with E-state index in [1.54, 1.807) is 36.5 Å². The largest absolute Gasteiger partial charge is 0.416 e. The normalized spacial score (nSPS) is 19.7. The van der Waals surface area contributed by atoms with Gasteiger partial charge in [0.2, 0.25) is 5.91 Å². The molecule has 0 spiro atoms. The number of amides is 1. The highest BCUT2D eigenvalue weighted by Gasteiger charge is 2.43. The topological polar surface area (TPSA) is 48.5 Å². The summed E-state index contributed by atoms with van der Waals surface area (Å²) in [5.74, 6) is -1.21. The third kappa shape index (κ3) is 4.67. The summed E-state index contributed by atoms with van der Waals surface area (Å²) in [6, 6.07) is 15.3. The average Bonchev–Trinajstić information content (AvgIpc) is 2.86. The SMILES string of the molecule is O=C(NCc1ccccn1)C1Cc2cc(C(F)(F)F)ccc2N2CCN(c3ccccc3F)CC12. The van der Waals surface area contributed by atoms with E-state index in [-0.39, 0.29) is 30.7 Å². The van der Waals surface area contributed by atoms with Crippen molar-refractivity contribution in [2.75, 3.05) is 29.4 Å². The second kappa shape index (κ2) is 9.20. The predicted molar refractivity (Wildman–Crippen MR) is 124 cm³/mol. The highest BCUT2D eigenvalue weighted by atomic mass is 19.4. The molecule has 3 aromatic rings. The molecule has 0 aliphatic carbocycles. The first kappa shape index (κ1) is 23.1. The Balaban J connectivity index is 1.45. The molecular formula is C26H24F4N4O. The minimum atomic E-state index is -4.47. The maximum atomic E-state index is 14.5. The van der Waals surface area contributed by atoms with Crippen LogP contribution in [-0.2, 0) is 23.9 Å². The Hall–Kier alpha value is -3.62. The Morgan fingerprint density at radius 2 is 1.83 bits per heavy atom. The van der Waals surface area contributed by atoms with Gasteiger partial charge in [0.05, 0.1) is 35.4 Å². The molecule has 1 aromatic heterocycles. The number of carbonyl (C=O) groups is 1. The number of nitrogens with one attached hydrogen (secondary N) is 1. The van der Waals surface area contributed by atoms with Gasteiger partial charge in [-0.1, -0.05) is 18.2 Å². The van der Waals surface area contributed by atoms with Gasteiger partial charge >= 0.3 is 6.18 Å². The monoisotopic (exact) mass is 484 g/mol. The van der Waals surface area contributed by atoms with Crippen molar-refractivity contribution in [3.8, 4) is 0 Å². The zero-order valence-corrected chi connectivity index (χ0v) is 18.8. The van der Waals surface area contributed by atoms with Crippen LogP contribution in [0.25, 0.3) is 0 Å². The van der Waals surface area contributed by atoms with Gasteiger partial charge in [0.15, 0.2) is 0 Å². The number of pyridine rings is 1. The Bertz CT molecular complexity index is 1220. The summed E-state index contributed by atoms with van der Waals surface area (Å²) in [6.45, 7) is 1.54. The van der Waals surface area contributed by atoms with E-state index in [0.717, 1.165) is 12.1 Å². The molecule has 1 saturated heterocycles. The maximum absolute atomic E-state index is 14.5. The van der Waals surface area contributed by atoms with Gasteiger partial charge in [0.1, 0.15) is 5.82 Å². The Labute approximate surface area is 200 Å². The molecule has 0 saturated carbocycles. The van der Waals surface area contributed by atoms with Crippen molar-refractivity contribution in [3.63, 3.8) is 0 Å². The van der Waals surface area contributed by atoms with Gasteiger partial charge < -0.3 is 15.1 Å². The number of fused-ring (bicyclic) bond motifs is 3. The van der Waals surface area contributed by atoms with Crippen molar-refractivity contribution in [2.24, 2.45) is 5.92 Å². The first-order chi connectivity index (χ1) is 16.8. The van der Waals surface area contributed by atoms with Gasteiger partial charge in [-0.25, -0.2) is 4.39 Å². The van der Waals surface area contributed by atoms with E-state index in [0.29, 0.717) is 42.3 Å². The lowest BCUT2D eigenvalue weighted by Crippen LogP contribution is -2.61. The number of anilines is 2. The zero-order valence-electron chi connectivity index (χ0n) is 18.8. The first-order valence-electron chi connectivity index (χ1n) is 11.4. The molecule has 182 valence electrons. The highest BCUT2D eigenvalue weighted by molar-refractivity contribution is 5.82. The van der Waals surface area contributed by atoms with Gasteiger partial charge in [-0.3, -0.25) is 9.78 Å². The van der Waals surface area contributed by atoms with E-state index in [4.69, 9.17) is 0 Å². The number of benzene rings is 2. The number of hydrogen-bond acceptors (Lipinski definition) is 4. The van der Waals surface area contributed by atoms with Crippen LogP contribution in [0.1, 0.15) is 16.8 Å². The standard InChI is InChI=1S/C26H24F4N4O/c27-21-6-1-2-7-23(21)33-11-12-34-22-9-8-18(26(28,29)30)13-17(22)14-20(24(34)16-33)25(35)32-15-19-5-3-4-10-31-19/h1-10,13,20,24H,11-12,14-16H2,(H,32,35). The van der Waals surface area contributed by atoms with Crippen LogP contribution in [0.15, 0.2) is 66.9 Å². The van der Waals surface area contributed by atoms with Crippen LogP contribution in [0.2, 0.25) is 0 Å². The van der Waals surface area contributed by atoms with Crippen LogP contribution in [0, 0.1) is 11.7 Å². The average molecular weight is 484 g/mol. The number of aromatic nitrogens is 1. The lowest BCUT2D eigenvalue weighted by Gasteiger charge is -2.49. The van der Waals surface area contributed by atoms with Crippen molar-refractivity contribution in [2.45, 2.75) is 25.2 Å². The van der Waals surface area contributed by atoms with Crippen molar-refractivity contribution in [1.29, 1.82) is 0 Å². The van der Waals surface area contributed by atoms with E-state index in [2.05, 4.69) is 10.3 Å². The quantitative estimate of drug-likeness (QED) is 0.557. The summed E-state index contributed by atoms with van der Waals surface area (Å²) in [7, 11) is 0. The van der Waals surface area contributed by atoms with E-state index < -0.39 is 17.7 Å². The Morgan fingerprint density at radius 3 is 2.57 bits per heavy atom. The molecule has 2 aromatic carbocycles. The predicted octanol–water partition coefficient (Wildman–Crippen LogP) is 4.42. The number of hydrogen-bond donors (Lipinski definition) is 1. The van der Waals surface area contributed by atoms with Crippen LogP contribution in [0.5, 0.6) is 0 Å². The number of alkyl halides is 3. The highest BCUT2D eigenvalue weighted by Crippen LogP contribution is 2.40. The molecule has 2 aliphatic heterocycles. The maximum Gasteiger partial charge on any atom is 0.416 e. The van der Waals surface area contributed by atoms with Crippen molar-refractivity contribution >= 4 is 17.3 Å². The molecule has 0 bridgehead atoms. The molecule has 1 fully saturated rings. The minimum absolute atomic E-state index is 0.166. The number of rotatable bonds is 4. The summed E-state index contributed by atoms with van der Waals surface area (Å²) < 4.78 is 54.7. The number of carbonyl (C=O) groups excluding carboxylic acids is 1. The van der Waals surface area contributed by atoms with Gasteiger partial charge in [-0.15, -0.1) is 0 Å². The molecule has 2 unspecified atom stereocenters. The van der Waals surface area contributed by atoms with E-state index >= 15 is 0 Å². The molecule has 2 atom stereocenters. The second-order valence-corrected chi connectivity index (χ2v) is 8.85. The van der Waals surface area contributed by atoms with E-state index in [9.17, 15) is 22.4 Å². The Morgan fingerprint density at radius 1 is 1.03 bits per heavy atom.